The number of thioether (sulfide) groups is 1. The van der Waals surface area contributed by atoms with Crippen molar-refractivity contribution in [3.63, 3.8) is 0 Å². The van der Waals surface area contributed by atoms with Crippen LogP contribution in [0, 0.1) is 23.2 Å². The molecule has 0 radical (unpaired) electrons. The molecule has 3 saturated carbocycles. The highest BCUT2D eigenvalue weighted by atomic mass is 32.2. The molecular weight excluding hydrogens is 416 g/mol. The third-order valence-electron chi connectivity index (χ3n) is 8.67. The molecule has 0 bridgehead atoms. The second-order valence-corrected chi connectivity index (χ2v) is 11.8. The maximum Gasteiger partial charge on any atom is 0.00719 e. The van der Waals surface area contributed by atoms with E-state index in [0.29, 0.717) is 5.41 Å². The predicted octanol–water partition coefficient (Wildman–Crippen LogP) is 10.4. The summed E-state index contributed by atoms with van der Waals surface area (Å²) in [4.78, 5) is 1.42. The van der Waals surface area contributed by atoms with Crippen molar-refractivity contribution in [3.05, 3.63) is 65.8 Å². The van der Waals surface area contributed by atoms with Gasteiger partial charge in [0.15, 0.2) is 0 Å². The van der Waals surface area contributed by atoms with Crippen molar-refractivity contribution >= 4 is 11.8 Å². The fraction of sp³-hybridized carbons (Fsp3) is 0.625. The molecule has 0 aliphatic heterocycles. The molecule has 4 rings (SSSR count). The topological polar surface area (TPSA) is 0 Å². The Morgan fingerprint density at radius 2 is 1.79 bits per heavy atom. The number of benzene rings is 1. The first-order valence-electron chi connectivity index (χ1n) is 13.8. The average Bonchev–Trinajstić information content (AvgIpc) is 3.21. The summed E-state index contributed by atoms with van der Waals surface area (Å²) in [5.74, 6) is 3.83. The Morgan fingerprint density at radius 1 is 1.03 bits per heavy atom. The van der Waals surface area contributed by atoms with Crippen molar-refractivity contribution in [1.82, 2.24) is 0 Å². The van der Waals surface area contributed by atoms with Crippen molar-refractivity contribution in [2.24, 2.45) is 23.2 Å². The lowest BCUT2D eigenvalue weighted by molar-refractivity contribution is 0.0941. The molecule has 4 atom stereocenters. The maximum atomic E-state index is 4.33. The molecule has 3 aliphatic carbocycles. The zero-order valence-electron chi connectivity index (χ0n) is 21.9. The Balaban J connectivity index is 0.00000149. The third-order valence-corrected chi connectivity index (χ3v) is 9.77. The smallest absolute Gasteiger partial charge is 0.00719 e. The van der Waals surface area contributed by atoms with Crippen LogP contribution in [0.2, 0.25) is 0 Å². The van der Waals surface area contributed by atoms with Crippen molar-refractivity contribution < 1.29 is 0 Å². The molecule has 0 amide bonds. The van der Waals surface area contributed by atoms with Crippen molar-refractivity contribution in [2.45, 2.75) is 103 Å². The number of allylic oxidation sites excluding steroid dienone is 5. The Labute approximate surface area is 209 Å². The zero-order valence-corrected chi connectivity index (χ0v) is 22.7. The van der Waals surface area contributed by atoms with Crippen LogP contribution in [0.1, 0.15) is 98.3 Å². The van der Waals surface area contributed by atoms with E-state index in [1.165, 1.54) is 92.4 Å². The van der Waals surface area contributed by atoms with Crippen LogP contribution in [0.3, 0.4) is 0 Å². The number of fused-ring (bicyclic) bond motifs is 1. The van der Waals surface area contributed by atoms with Crippen LogP contribution in [-0.2, 0) is 0 Å². The molecule has 3 fully saturated rings. The van der Waals surface area contributed by atoms with E-state index in [1.807, 2.05) is 25.6 Å². The Morgan fingerprint density at radius 3 is 2.55 bits per heavy atom. The summed E-state index contributed by atoms with van der Waals surface area (Å²) >= 11 is 2.02. The number of hydrogen-bond acceptors (Lipinski definition) is 1. The molecule has 4 unspecified atom stereocenters. The highest BCUT2D eigenvalue weighted by molar-refractivity contribution is 7.99. The second kappa shape index (κ2) is 13.0. The summed E-state index contributed by atoms with van der Waals surface area (Å²) in [6.45, 7) is 13.5. The summed E-state index contributed by atoms with van der Waals surface area (Å²) < 4.78 is 0. The molecule has 0 heterocycles. The van der Waals surface area contributed by atoms with E-state index in [-0.39, 0.29) is 0 Å². The summed E-state index contributed by atoms with van der Waals surface area (Å²) in [5.41, 5.74) is 5.21. The molecule has 0 spiro atoms. The molecule has 0 saturated heterocycles. The van der Waals surface area contributed by atoms with Gasteiger partial charge in [0.25, 0.3) is 0 Å². The van der Waals surface area contributed by atoms with Gasteiger partial charge in [-0.05, 0) is 117 Å². The Kier molecular flexibility index (Phi) is 10.4. The first-order chi connectivity index (χ1) is 16.1. The second-order valence-electron chi connectivity index (χ2n) is 10.6. The van der Waals surface area contributed by atoms with Gasteiger partial charge in [0, 0.05) is 4.90 Å². The number of hydrogen-bond donors (Lipinski definition) is 0. The van der Waals surface area contributed by atoms with Gasteiger partial charge in [0.1, 0.15) is 0 Å². The summed E-state index contributed by atoms with van der Waals surface area (Å²) in [7, 11) is 0. The molecule has 0 N–H and O–H groups in total. The monoisotopic (exact) mass is 464 g/mol. The minimum atomic E-state index is 0.526. The summed E-state index contributed by atoms with van der Waals surface area (Å²) in [5, 5.41) is 0. The van der Waals surface area contributed by atoms with E-state index in [2.05, 4.69) is 62.9 Å². The fourth-order valence-corrected chi connectivity index (χ4v) is 7.82. The lowest BCUT2D eigenvalue weighted by Crippen LogP contribution is -2.36. The fourth-order valence-electron chi connectivity index (χ4n) is 6.93. The van der Waals surface area contributed by atoms with Crippen LogP contribution >= 0.6 is 11.8 Å². The van der Waals surface area contributed by atoms with E-state index in [4.69, 9.17) is 0 Å². The van der Waals surface area contributed by atoms with Gasteiger partial charge in [-0.2, -0.15) is 0 Å². The summed E-state index contributed by atoms with van der Waals surface area (Å²) in [6, 6.07) is 10.9. The number of rotatable bonds is 7. The van der Waals surface area contributed by atoms with Crippen molar-refractivity contribution in [1.29, 1.82) is 0 Å². The Bertz CT molecular complexity index is 801. The van der Waals surface area contributed by atoms with Crippen LogP contribution in [0.25, 0.3) is 0 Å². The van der Waals surface area contributed by atoms with Gasteiger partial charge in [-0.3, -0.25) is 0 Å². The summed E-state index contributed by atoms with van der Waals surface area (Å²) in [6.07, 6.45) is 19.8. The van der Waals surface area contributed by atoms with E-state index < -0.39 is 0 Å². The molecule has 1 aromatic carbocycles. The average molecular weight is 465 g/mol. The van der Waals surface area contributed by atoms with Gasteiger partial charge in [0.2, 0.25) is 0 Å². The highest BCUT2D eigenvalue weighted by Crippen LogP contribution is 2.59. The molecule has 1 aromatic rings. The third kappa shape index (κ3) is 6.68. The molecule has 0 aromatic heterocycles. The molecule has 3 aliphatic rings. The maximum absolute atomic E-state index is 4.33. The van der Waals surface area contributed by atoms with Crippen LogP contribution in [0.15, 0.2) is 70.7 Å². The van der Waals surface area contributed by atoms with Gasteiger partial charge in [0.05, 0.1) is 0 Å². The zero-order chi connectivity index (χ0) is 23.7. The largest absolute Gasteiger partial charge is 0.126 e. The SMILES string of the molecule is C=C1CCCC/C1=C/C=C1\CCCC2(C)C1CCC2C(C)CCCSc1ccccc1.CC. The quantitative estimate of drug-likeness (QED) is 0.285. The van der Waals surface area contributed by atoms with Gasteiger partial charge >= 0.3 is 0 Å². The van der Waals surface area contributed by atoms with Crippen LogP contribution in [-0.4, -0.2) is 5.75 Å². The van der Waals surface area contributed by atoms with Crippen molar-refractivity contribution in [2.75, 3.05) is 5.75 Å². The van der Waals surface area contributed by atoms with E-state index >= 15 is 0 Å². The predicted molar refractivity (Wildman–Crippen MR) is 149 cm³/mol. The minimum absolute atomic E-state index is 0.526. The van der Waals surface area contributed by atoms with Gasteiger partial charge < -0.3 is 0 Å². The molecular formula is C32H48S. The van der Waals surface area contributed by atoms with Gasteiger partial charge in [-0.1, -0.05) is 75.8 Å². The lowest BCUT2D eigenvalue weighted by Gasteiger charge is -2.44. The minimum Gasteiger partial charge on any atom is -0.126 e. The standard InChI is InChI=1S/C30H42S.C2H6/c1-23-11-7-8-13-25(23)17-18-26-14-9-21-30(3)28(19-20-29(26)30)24(2)12-10-22-31-27-15-5-4-6-16-27;1-2/h4-6,15-18,24,28-29H,1,7-14,19-22H2,2-3H3;1-2H3/b25-17-,26-18+;. The van der Waals surface area contributed by atoms with Gasteiger partial charge in [-0.25, -0.2) is 0 Å². The van der Waals surface area contributed by atoms with Gasteiger partial charge in [-0.15, -0.1) is 11.8 Å². The molecule has 0 nitrogen and oxygen atoms in total. The van der Waals surface area contributed by atoms with E-state index in [1.54, 1.807) is 5.57 Å². The first-order valence-corrected chi connectivity index (χ1v) is 14.8. The highest BCUT2D eigenvalue weighted by Gasteiger charge is 2.50. The first kappa shape index (κ1) is 26.4. The molecule has 182 valence electrons. The van der Waals surface area contributed by atoms with E-state index in [0.717, 1.165) is 17.8 Å². The van der Waals surface area contributed by atoms with Crippen LogP contribution in [0.5, 0.6) is 0 Å². The lowest BCUT2D eigenvalue weighted by atomic mass is 9.61. The molecule has 1 heteroatoms. The van der Waals surface area contributed by atoms with E-state index in [9.17, 15) is 0 Å². The van der Waals surface area contributed by atoms with Crippen LogP contribution in [0.4, 0.5) is 0 Å². The van der Waals surface area contributed by atoms with Crippen molar-refractivity contribution in [3.8, 4) is 0 Å². The normalized spacial score (nSPS) is 30.6. The van der Waals surface area contributed by atoms with Crippen LogP contribution < -0.4 is 0 Å². The molecule has 33 heavy (non-hydrogen) atoms. The Hall–Kier alpha value is -1.21.